The number of carboxylic acid groups (broad SMARTS) is 1. The number of aliphatic hydroxyl groups excluding tert-OH is 2. The van der Waals surface area contributed by atoms with Crippen LogP contribution in [0.1, 0.15) is 71.1 Å². The molecule has 0 bridgehead atoms. The highest BCUT2D eigenvalue weighted by molar-refractivity contribution is 5.66. The van der Waals surface area contributed by atoms with Crippen LogP contribution in [0.5, 0.6) is 0 Å². The number of allylic oxidation sites excluding steroid dienone is 3. The van der Waals surface area contributed by atoms with Crippen molar-refractivity contribution < 1.29 is 20.1 Å². The first kappa shape index (κ1) is 20.9. The van der Waals surface area contributed by atoms with Crippen LogP contribution >= 0.6 is 0 Å². The smallest absolute Gasteiger partial charge is 0.303 e. The number of hydrogen-bond acceptors (Lipinski definition) is 3. The van der Waals surface area contributed by atoms with Gasteiger partial charge in [0.15, 0.2) is 0 Å². The lowest BCUT2D eigenvalue weighted by Crippen LogP contribution is -2.22. The molecule has 0 aliphatic carbocycles. The molecule has 0 fully saturated rings. The van der Waals surface area contributed by atoms with Gasteiger partial charge in [-0.1, -0.05) is 56.9 Å². The molecule has 0 aromatic carbocycles. The highest BCUT2D eigenvalue weighted by atomic mass is 16.4. The van der Waals surface area contributed by atoms with Gasteiger partial charge in [-0.15, -0.1) is 0 Å². The number of carboxylic acids is 1. The third kappa shape index (κ3) is 13.8. The molecule has 3 N–H and O–H groups in total. The van der Waals surface area contributed by atoms with Crippen LogP contribution in [0, 0.1) is 0 Å². The summed E-state index contributed by atoms with van der Waals surface area (Å²) >= 11 is 0. The van der Waals surface area contributed by atoms with Crippen LogP contribution in [0.25, 0.3) is 0 Å². The first-order valence-corrected chi connectivity index (χ1v) is 8.47. The predicted molar refractivity (Wildman–Crippen MR) is 89.8 cm³/mol. The number of aliphatic hydroxyl groups is 2. The van der Waals surface area contributed by atoms with Crippen molar-refractivity contribution in [2.75, 3.05) is 0 Å². The fourth-order valence-corrected chi connectivity index (χ4v) is 2.13. The molecule has 22 heavy (non-hydrogen) atoms. The van der Waals surface area contributed by atoms with Crippen molar-refractivity contribution in [1.29, 1.82) is 0 Å². The molecular formula is C18H32O4. The third-order valence-corrected chi connectivity index (χ3v) is 3.60. The third-order valence-electron chi connectivity index (χ3n) is 3.60. The Kier molecular flexibility index (Phi) is 14.0. The van der Waals surface area contributed by atoms with Crippen molar-refractivity contribution in [2.24, 2.45) is 0 Å². The maximum Gasteiger partial charge on any atom is 0.303 e. The molecule has 0 heterocycles. The van der Waals surface area contributed by atoms with Gasteiger partial charge in [-0.3, -0.25) is 4.79 Å². The van der Waals surface area contributed by atoms with E-state index in [2.05, 4.69) is 12.2 Å². The number of hydrogen-bond donors (Lipinski definition) is 3. The van der Waals surface area contributed by atoms with E-state index >= 15 is 0 Å². The monoisotopic (exact) mass is 312 g/mol. The zero-order chi connectivity index (χ0) is 16.6. The van der Waals surface area contributed by atoms with Gasteiger partial charge in [0.25, 0.3) is 0 Å². The van der Waals surface area contributed by atoms with Crippen molar-refractivity contribution in [3.05, 3.63) is 24.3 Å². The summed E-state index contributed by atoms with van der Waals surface area (Å²) in [5.41, 5.74) is 0. The van der Waals surface area contributed by atoms with Crippen LogP contribution in [-0.2, 0) is 4.79 Å². The number of rotatable bonds is 14. The number of aliphatic carboxylic acids is 1. The first-order chi connectivity index (χ1) is 10.6. The summed E-state index contributed by atoms with van der Waals surface area (Å²) in [6, 6.07) is 0. The fraction of sp³-hybridized carbons (Fsp3) is 0.722. The minimum absolute atomic E-state index is 0.292. The van der Waals surface area contributed by atoms with Gasteiger partial charge in [0.2, 0.25) is 0 Å². The van der Waals surface area contributed by atoms with Crippen LogP contribution in [-0.4, -0.2) is 33.5 Å². The topological polar surface area (TPSA) is 77.8 Å². The lowest BCUT2D eigenvalue weighted by Gasteiger charge is -2.10. The van der Waals surface area contributed by atoms with Crippen molar-refractivity contribution in [1.82, 2.24) is 0 Å². The van der Waals surface area contributed by atoms with Gasteiger partial charge in [0, 0.05) is 6.42 Å². The molecule has 2 atom stereocenters. The molecule has 4 heteroatoms. The Morgan fingerprint density at radius 3 is 2.23 bits per heavy atom. The Morgan fingerprint density at radius 2 is 1.59 bits per heavy atom. The summed E-state index contributed by atoms with van der Waals surface area (Å²) in [4.78, 5) is 10.3. The molecule has 0 aliphatic heterocycles. The van der Waals surface area contributed by atoms with E-state index in [1.165, 1.54) is 12.8 Å². The highest BCUT2D eigenvalue weighted by Gasteiger charge is 2.08. The van der Waals surface area contributed by atoms with E-state index in [9.17, 15) is 15.0 Å². The summed E-state index contributed by atoms with van der Waals surface area (Å²) in [5.74, 6) is -0.698. The van der Waals surface area contributed by atoms with Gasteiger partial charge in [0.05, 0.1) is 12.2 Å². The number of carbonyl (C=O) groups is 1. The molecule has 128 valence electrons. The second kappa shape index (κ2) is 14.8. The first-order valence-electron chi connectivity index (χ1n) is 8.47. The van der Waals surface area contributed by atoms with Crippen LogP contribution < -0.4 is 0 Å². The molecule has 0 saturated carbocycles. The van der Waals surface area contributed by atoms with Gasteiger partial charge in [-0.05, 0) is 32.1 Å². The van der Waals surface area contributed by atoms with Crippen molar-refractivity contribution in [3.63, 3.8) is 0 Å². The van der Waals surface area contributed by atoms with E-state index in [-0.39, 0.29) is 0 Å². The summed E-state index contributed by atoms with van der Waals surface area (Å²) in [6.07, 6.45) is 15.5. The van der Waals surface area contributed by atoms with Crippen LogP contribution in [0.15, 0.2) is 24.3 Å². The molecule has 0 saturated heterocycles. The Hall–Kier alpha value is -1.13. The minimum atomic E-state index is -0.764. The average molecular weight is 312 g/mol. The standard InChI is InChI=1S/C18H32O4/c1-2-16(19)17(20)14-12-10-8-6-4-3-5-7-9-11-13-15-18(21)22/h6,8,12,14,16-17,19-20H,2-5,7,9-11,13,15H2,1H3,(H,21,22)/b8-6-,14-12-/t16-,17-/m0/s1. The Labute approximate surface area is 134 Å². The lowest BCUT2D eigenvalue weighted by atomic mass is 10.1. The fourth-order valence-electron chi connectivity index (χ4n) is 2.13. The summed E-state index contributed by atoms with van der Waals surface area (Å²) < 4.78 is 0. The van der Waals surface area contributed by atoms with Crippen molar-refractivity contribution >= 4 is 5.97 Å². The zero-order valence-electron chi connectivity index (χ0n) is 13.8. The van der Waals surface area contributed by atoms with Crippen LogP contribution in [0.3, 0.4) is 0 Å². The van der Waals surface area contributed by atoms with E-state index in [0.717, 1.165) is 38.5 Å². The Bertz CT molecular complexity index is 323. The Balaban J connectivity index is 3.37. The second-order valence-corrected chi connectivity index (χ2v) is 5.66. The number of unbranched alkanes of at least 4 members (excludes halogenated alkanes) is 6. The molecule has 0 aliphatic rings. The van der Waals surface area contributed by atoms with Gasteiger partial charge < -0.3 is 15.3 Å². The quantitative estimate of drug-likeness (QED) is 0.336. The van der Waals surface area contributed by atoms with E-state index < -0.39 is 18.2 Å². The molecule has 4 nitrogen and oxygen atoms in total. The van der Waals surface area contributed by atoms with Crippen LogP contribution in [0.4, 0.5) is 0 Å². The van der Waals surface area contributed by atoms with E-state index in [1.807, 2.05) is 13.0 Å². The maximum absolute atomic E-state index is 10.3. The highest BCUT2D eigenvalue weighted by Crippen LogP contribution is 2.09. The predicted octanol–water partition coefficient (Wildman–Crippen LogP) is 3.83. The van der Waals surface area contributed by atoms with Gasteiger partial charge >= 0.3 is 5.97 Å². The molecule has 0 radical (unpaired) electrons. The van der Waals surface area contributed by atoms with E-state index in [4.69, 9.17) is 5.11 Å². The zero-order valence-corrected chi connectivity index (χ0v) is 13.8. The summed E-state index contributed by atoms with van der Waals surface area (Å²) in [5, 5.41) is 27.4. The molecular weight excluding hydrogens is 280 g/mol. The van der Waals surface area contributed by atoms with Crippen LogP contribution in [0.2, 0.25) is 0 Å². The molecule has 0 aromatic rings. The molecule has 0 unspecified atom stereocenters. The van der Waals surface area contributed by atoms with Crippen molar-refractivity contribution in [3.8, 4) is 0 Å². The van der Waals surface area contributed by atoms with E-state index in [0.29, 0.717) is 12.8 Å². The average Bonchev–Trinajstić information content (AvgIpc) is 2.50. The molecule has 0 spiro atoms. The van der Waals surface area contributed by atoms with Crippen molar-refractivity contribution in [2.45, 2.75) is 83.3 Å². The minimum Gasteiger partial charge on any atom is -0.481 e. The van der Waals surface area contributed by atoms with Gasteiger partial charge in [-0.25, -0.2) is 0 Å². The van der Waals surface area contributed by atoms with Gasteiger partial charge in [-0.2, -0.15) is 0 Å². The largest absolute Gasteiger partial charge is 0.481 e. The maximum atomic E-state index is 10.3. The molecule has 0 amide bonds. The normalized spacial score (nSPS) is 14.7. The van der Waals surface area contributed by atoms with E-state index in [1.54, 1.807) is 6.08 Å². The summed E-state index contributed by atoms with van der Waals surface area (Å²) in [7, 11) is 0. The summed E-state index contributed by atoms with van der Waals surface area (Å²) in [6.45, 7) is 1.84. The Morgan fingerprint density at radius 1 is 0.955 bits per heavy atom. The lowest BCUT2D eigenvalue weighted by molar-refractivity contribution is -0.137. The molecule has 0 aromatic heterocycles. The van der Waals surface area contributed by atoms with Gasteiger partial charge in [0.1, 0.15) is 0 Å². The molecule has 0 rings (SSSR count). The SMILES string of the molecule is CC[C@H](O)[C@@H](O)/C=C\C/C=C\CCCCCCCCC(=O)O. The second-order valence-electron chi connectivity index (χ2n) is 5.66.